The number of carbonyl (C=O) groups excluding carboxylic acids is 1. The molecule has 1 aromatic carbocycles. The van der Waals surface area contributed by atoms with Gasteiger partial charge in [-0.1, -0.05) is 12.2 Å². The molecule has 0 unspecified atom stereocenters. The van der Waals surface area contributed by atoms with Crippen molar-refractivity contribution in [1.82, 2.24) is 5.32 Å². The van der Waals surface area contributed by atoms with Crippen molar-refractivity contribution in [3.63, 3.8) is 0 Å². The SMILES string of the molecule is CNCCC=Cc1cc(C(C)=O)ccc1OC. The Morgan fingerprint density at radius 2 is 2.24 bits per heavy atom. The number of ketones is 1. The Morgan fingerprint density at radius 3 is 2.82 bits per heavy atom. The van der Waals surface area contributed by atoms with Crippen LogP contribution in [0.5, 0.6) is 5.75 Å². The number of methoxy groups -OCH3 is 1. The molecule has 0 bridgehead atoms. The maximum atomic E-state index is 11.3. The van der Waals surface area contributed by atoms with Gasteiger partial charge in [0.1, 0.15) is 5.75 Å². The molecule has 17 heavy (non-hydrogen) atoms. The molecule has 3 nitrogen and oxygen atoms in total. The topological polar surface area (TPSA) is 38.3 Å². The summed E-state index contributed by atoms with van der Waals surface area (Å²) in [6.45, 7) is 2.50. The van der Waals surface area contributed by atoms with Gasteiger partial charge >= 0.3 is 0 Å². The number of nitrogens with one attached hydrogen (secondary N) is 1. The highest BCUT2D eigenvalue weighted by atomic mass is 16.5. The van der Waals surface area contributed by atoms with Crippen LogP contribution in [-0.2, 0) is 0 Å². The van der Waals surface area contributed by atoms with Crippen LogP contribution in [0.4, 0.5) is 0 Å². The van der Waals surface area contributed by atoms with E-state index in [1.807, 2.05) is 25.3 Å². The summed E-state index contributed by atoms with van der Waals surface area (Å²) < 4.78 is 5.26. The first-order chi connectivity index (χ1) is 8.19. The van der Waals surface area contributed by atoms with Crippen molar-refractivity contribution in [3.05, 3.63) is 35.4 Å². The van der Waals surface area contributed by atoms with Crippen LogP contribution >= 0.6 is 0 Å². The van der Waals surface area contributed by atoms with Crippen molar-refractivity contribution in [2.24, 2.45) is 0 Å². The minimum Gasteiger partial charge on any atom is -0.496 e. The van der Waals surface area contributed by atoms with Crippen LogP contribution in [0.15, 0.2) is 24.3 Å². The van der Waals surface area contributed by atoms with Crippen molar-refractivity contribution in [3.8, 4) is 5.75 Å². The van der Waals surface area contributed by atoms with Gasteiger partial charge in [0.2, 0.25) is 0 Å². The molecular weight excluding hydrogens is 214 g/mol. The molecule has 0 aliphatic carbocycles. The first-order valence-corrected chi connectivity index (χ1v) is 5.69. The zero-order chi connectivity index (χ0) is 12.7. The molecule has 0 heterocycles. The predicted octanol–water partition coefficient (Wildman–Crippen LogP) is 2.52. The van der Waals surface area contributed by atoms with Crippen LogP contribution < -0.4 is 10.1 Å². The highest BCUT2D eigenvalue weighted by molar-refractivity contribution is 5.95. The van der Waals surface area contributed by atoms with E-state index in [9.17, 15) is 4.79 Å². The molecule has 0 amide bonds. The minimum absolute atomic E-state index is 0.0672. The molecular formula is C14H19NO2. The Labute approximate surface area is 102 Å². The largest absolute Gasteiger partial charge is 0.496 e. The smallest absolute Gasteiger partial charge is 0.159 e. The summed E-state index contributed by atoms with van der Waals surface area (Å²) in [5, 5.41) is 3.08. The molecule has 0 aromatic heterocycles. The van der Waals surface area contributed by atoms with Crippen molar-refractivity contribution in [2.45, 2.75) is 13.3 Å². The summed E-state index contributed by atoms with van der Waals surface area (Å²) in [4.78, 5) is 11.3. The number of Topliss-reactive ketones (excluding diaryl/α,β-unsaturated/α-hetero) is 1. The molecule has 0 saturated heterocycles. The summed E-state index contributed by atoms with van der Waals surface area (Å²) in [5.41, 5.74) is 1.65. The van der Waals surface area contributed by atoms with Crippen LogP contribution in [0.1, 0.15) is 29.3 Å². The lowest BCUT2D eigenvalue weighted by molar-refractivity contribution is 0.101. The molecule has 0 fully saturated rings. The molecule has 1 N–H and O–H groups in total. The maximum Gasteiger partial charge on any atom is 0.159 e. The van der Waals surface area contributed by atoms with Crippen LogP contribution in [0, 0.1) is 0 Å². The van der Waals surface area contributed by atoms with Gasteiger partial charge in [-0.05, 0) is 45.1 Å². The summed E-state index contributed by atoms with van der Waals surface area (Å²) in [5.74, 6) is 0.855. The highest BCUT2D eigenvalue weighted by Gasteiger charge is 2.04. The number of hydrogen-bond donors (Lipinski definition) is 1. The zero-order valence-electron chi connectivity index (χ0n) is 10.6. The molecule has 0 atom stereocenters. The van der Waals surface area contributed by atoms with E-state index in [-0.39, 0.29) is 5.78 Å². The third-order valence-electron chi connectivity index (χ3n) is 2.49. The summed E-state index contributed by atoms with van der Waals surface area (Å²) >= 11 is 0. The van der Waals surface area contributed by atoms with Crippen molar-refractivity contribution in [1.29, 1.82) is 0 Å². The van der Waals surface area contributed by atoms with E-state index < -0.39 is 0 Å². The Balaban J connectivity index is 2.90. The standard InChI is InChI=1S/C14H19NO2/c1-11(16)12-7-8-14(17-3)13(10-12)6-4-5-9-15-2/h4,6-8,10,15H,5,9H2,1-3H3. The molecule has 0 aliphatic rings. The fraction of sp³-hybridized carbons (Fsp3) is 0.357. The van der Waals surface area contributed by atoms with Gasteiger partial charge in [-0.2, -0.15) is 0 Å². The number of hydrogen-bond acceptors (Lipinski definition) is 3. The molecule has 0 spiro atoms. The van der Waals surface area contributed by atoms with E-state index in [0.29, 0.717) is 5.56 Å². The second-order valence-electron chi connectivity index (χ2n) is 3.81. The number of benzene rings is 1. The molecule has 3 heteroatoms. The van der Waals surface area contributed by atoms with Crippen LogP contribution in [0.2, 0.25) is 0 Å². The van der Waals surface area contributed by atoms with Gasteiger partial charge in [0.05, 0.1) is 7.11 Å². The number of ether oxygens (including phenoxy) is 1. The molecule has 1 rings (SSSR count). The number of carbonyl (C=O) groups is 1. The van der Waals surface area contributed by atoms with Gasteiger partial charge in [-0.25, -0.2) is 0 Å². The van der Waals surface area contributed by atoms with Gasteiger partial charge in [0, 0.05) is 11.1 Å². The van der Waals surface area contributed by atoms with E-state index >= 15 is 0 Å². The highest BCUT2D eigenvalue weighted by Crippen LogP contribution is 2.21. The quantitative estimate of drug-likeness (QED) is 0.606. The van der Waals surface area contributed by atoms with Crippen molar-refractivity contribution >= 4 is 11.9 Å². The van der Waals surface area contributed by atoms with Gasteiger partial charge in [0.25, 0.3) is 0 Å². The van der Waals surface area contributed by atoms with Crippen molar-refractivity contribution < 1.29 is 9.53 Å². The lowest BCUT2D eigenvalue weighted by Gasteiger charge is -2.06. The van der Waals surface area contributed by atoms with E-state index in [0.717, 1.165) is 24.3 Å². The van der Waals surface area contributed by atoms with Crippen LogP contribution in [-0.4, -0.2) is 26.5 Å². The monoisotopic (exact) mass is 233 g/mol. The molecule has 0 saturated carbocycles. The fourth-order valence-electron chi connectivity index (χ4n) is 1.52. The summed E-state index contributed by atoms with van der Waals surface area (Å²) in [6, 6.07) is 5.47. The Bertz CT molecular complexity index is 411. The predicted molar refractivity (Wildman–Crippen MR) is 70.6 cm³/mol. The summed E-state index contributed by atoms with van der Waals surface area (Å²) in [7, 11) is 3.55. The first-order valence-electron chi connectivity index (χ1n) is 5.69. The van der Waals surface area contributed by atoms with Gasteiger partial charge in [0.15, 0.2) is 5.78 Å². The lowest BCUT2D eigenvalue weighted by Crippen LogP contribution is -2.05. The van der Waals surface area contributed by atoms with Crippen LogP contribution in [0.25, 0.3) is 6.08 Å². The van der Waals surface area contributed by atoms with E-state index in [2.05, 4.69) is 11.4 Å². The normalized spacial score (nSPS) is 10.8. The maximum absolute atomic E-state index is 11.3. The summed E-state index contributed by atoms with van der Waals surface area (Å²) in [6.07, 6.45) is 5.00. The lowest BCUT2D eigenvalue weighted by atomic mass is 10.1. The van der Waals surface area contributed by atoms with E-state index in [4.69, 9.17) is 4.74 Å². The number of rotatable bonds is 6. The average Bonchev–Trinajstić information content (AvgIpc) is 2.34. The molecule has 1 aromatic rings. The fourth-order valence-corrected chi connectivity index (χ4v) is 1.52. The van der Waals surface area contributed by atoms with Crippen molar-refractivity contribution in [2.75, 3.05) is 20.7 Å². The molecule has 0 aliphatic heterocycles. The Kier molecular flexibility index (Phi) is 5.43. The third-order valence-corrected chi connectivity index (χ3v) is 2.49. The Hall–Kier alpha value is -1.61. The molecule has 92 valence electrons. The van der Waals surface area contributed by atoms with Gasteiger partial charge in [-0.3, -0.25) is 4.79 Å². The van der Waals surface area contributed by atoms with Gasteiger partial charge in [-0.15, -0.1) is 0 Å². The zero-order valence-corrected chi connectivity index (χ0v) is 10.6. The third kappa shape index (κ3) is 4.04. The minimum atomic E-state index is 0.0672. The average molecular weight is 233 g/mol. The first kappa shape index (κ1) is 13.5. The van der Waals surface area contributed by atoms with E-state index in [1.165, 1.54) is 0 Å². The second kappa shape index (κ2) is 6.86. The van der Waals surface area contributed by atoms with Gasteiger partial charge < -0.3 is 10.1 Å². The molecule has 0 radical (unpaired) electrons. The van der Waals surface area contributed by atoms with E-state index in [1.54, 1.807) is 20.1 Å². The second-order valence-corrected chi connectivity index (χ2v) is 3.81. The van der Waals surface area contributed by atoms with Crippen LogP contribution in [0.3, 0.4) is 0 Å². The Morgan fingerprint density at radius 1 is 1.47 bits per heavy atom.